The summed E-state index contributed by atoms with van der Waals surface area (Å²) in [6.45, 7) is 3.58. The molecule has 3 aromatic carbocycles. The number of thioether (sulfide) groups is 1. The number of carbonyl (C=O) groups excluding carboxylic acids is 3. The van der Waals surface area contributed by atoms with Crippen molar-refractivity contribution < 1.29 is 14.4 Å². The number of aryl methyl sites for hydroxylation is 1. The summed E-state index contributed by atoms with van der Waals surface area (Å²) in [5.74, 6) is -1.24. The number of halogens is 2. The Morgan fingerprint density at radius 2 is 1.73 bits per heavy atom. The predicted molar refractivity (Wildman–Crippen MR) is 162 cm³/mol. The average molecular weight is 613 g/mol. The fraction of sp³-hybridized carbons (Fsp3) is 0.107. The topological polar surface area (TPSA) is 113 Å². The average Bonchev–Trinajstić information content (AvgIpc) is 3.34. The van der Waals surface area contributed by atoms with Crippen LogP contribution in [-0.2, 0) is 9.59 Å². The van der Waals surface area contributed by atoms with Crippen LogP contribution >= 0.6 is 46.3 Å². The van der Waals surface area contributed by atoms with Crippen molar-refractivity contribution in [3.63, 3.8) is 0 Å². The van der Waals surface area contributed by atoms with Crippen LogP contribution in [-0.4, -0.2) is 33.2 Å². The minimum Gasteiger partial charge on any atom is -0.321 e. The summed E-state index contributed by atoms with van der Waals surface area (Å²) in [6, 6.07) is 20.4. The van der Waals surface area contributed by atoms with Gasteiger partial charge in [0, 0.05) is 26.2 Å². The van der Waals surface area contributed by atoms with E-state index in [1.807, 2.05) is 13.0 Å². The van der Waals surface area contributed by atoms with Crippen LogP contribution in [0.3, 0.4) is 0 Å². The summed E-state index contributed by atoms with van der Waals surface area (Å²) in [4.78, 5) is 39.6. The van der Waals surface area contributed by atoms with Gasteiger partial charge in [-0.15, -0.1) is 22.0 Å². The summed E-state index contributed by atoms with van der Waals surface area (Å²) in [6.07, 6.45) is 1.48. The number of benzene rings is 3. The van der Waals surface area contributed by atoms with Gasteiger partial charge in [0.2, 0.25) is 11.0 Å². The van der Waals surface area contributed by atoms with E-state index in [2.05, 4.69) is 26.1 Å². The van der Waals surface area contributed by atoms with Crippen molar-refractivity contribution in [2.75, 3.05) is 10.6 Å². The molecular weight excluding hydrogens is 589 g/mol. The Bertz CT molecular complexity index is 1580. The van der Waals surface area contributed by atoms with Crippen LogP contribution in [0.25, 0.3) is 6.08 Å². The zero-order valence-electron chi connectivity index (χ0n) is 21.3. The molecule has 3 amide bonds. The van der Waals surface area contributed by atoms with Gasteiger partial charge in [-0.25, -0.2) is 0 Å². The van der Waals surface area contributed by atoms with Gasteiger partial charge in [0.25, 0.3) is 11.8 Å². The number of aromatic nitrogens is 2. The molecule has 1 unspecified atom stereocenters. The van der Waals surface area contributed by atoms with Crippen molar-refractivity contribution >= 4 is 80.9 Å². The molecule has 0 aliphatic carbocycles. The standard InChI is InChI=1S/C28H23Cl2N5O3S2/c1-16(25(36)33-28-35-34-17(2)40-28)39-22-10-6-9-21(15-22)31-27(38)24(13-19-11-12-20(29)14-23(19)30)32-26(37)18-7-4-3-5-8-18/h3-16H,1-2H3,(H,31,38)(H,32,37)(H,33,35,36)/b24-13+. The van der Waals surface area contributed by atoms with Gasteiger partial charge in [-0.2, -0.15) is 0 Å². The van der Waals surface area contributed by atoms with Crippen LogP contribution in [0.2, 0.25) is 10.0 Å². The lowest BCUT2D eigenvalue weighted by molar-refractivity contribution is -0.115. The van der Waals surface area contributed by atoms with Crippen molar-refractivity contribution in [2.24, 2.45) is 0 Å². The molecule has 3 N–H and O–H groups in total. The largest absolute Gasteiger partial charge is 0.321 e. The van der Waals surface area contributed by atoms with Gasteiger partial charge in [-0.05, 0) is 68.0 Å². The minimum atomic E-state index is -0.560. The molecule has 4 aromatic rings. The van der Waals surface area contributed by atoms with Gasteiger partial charge in [0.05, 0.1) is 5.25 Å². The van der Waals surface area contributed by atoms with E-state index < -0.39 is 17.1 Å². The van der Waals surface area contributed by atoms with Gasteiger partial charge in [0.1, 0.15) is 10.7 Å². The molecule has 0 aliphatic rings. The Hall–Kier alpha value is -3.70. The van der Waals surface area contributed by atoms with Crippen molar-refractivity contribution in [1.82, 2.24) is 15.5 Å². The fourth-order valence-corrected chi connectivity index (χ4v) is 5.36. The number of hydrogen-bond acceptors (Lipinski definition) is 7. The summed E-state index contributed by atoms with van der Waals surface area (Å²) in [5.41, 5.74) is 1.35. The van der Waals surface area contributed by atoms with Gasteiger partial charge in [0.15, 0.2) is 0 Å². The molecule has 204 valence electrons. The van der Waals surface area contributed by atoms with Crippen LogP contribution in [0.4, 0.5) is 10.8 Å². The number of nitrogens with zero attached hydrogens (tertiary/aromatic N) is 2. The number of hydrogen-bond donors (Lipinski definition) is 3. The number of nitrogens with one attached hydrogen (secondary N) is 3. The highest BCUT2D eigenvalue weighted by Gasteiger charge is 2.18. The number of carbonyl (C=O) groups is 3. The molecule has 1 heterocycles. The number of amides is 3. The Balaban J connectivity index is 1.50. The molecule has 40 heavy (non-hydrogen) atoms. The van der Waals surface area contributed by atoms with E-state index in [0.29, 0.717) is 32.0 Å². The zero-order chi connectivity index (χ0) is 28.6. The second-order valence-electron chi connectivity index (χ2n) is 8.40. The van der Waals surface area contributed by atoms with Crippen LogP contribution in [0.15, 0.2) is 83.4 Å². The third-order valence-electron chi connectivity index (χ3n) is 5.32. The monoisotopic (exact) mass is 611 g/mol. The number of anilines is 2. The second kappa shape index (κ2) is 13.6. The summed E-state index contributed by atoms with van der Waals surface area (Å²) in [7, 11) is 0. The van der Waals surface area contributed by atoms with Crippen molar-refractivity contribution in [3.05, 3.63) is 105 Å². The molecule has 0 saturated heterocycles. The lowest BCUT2D eigenvalue weighted by Crippen LogP contribution is -2.30. The van der Waals surface area contributed by atoms with Gasteiger partial charge in [-0.1, -0.05) is 64.9 Å². The molecule has 0 radical (unpaired) electrons. The molecule has 1 atom stereocenters. The smallest absolute Gasteiger partial charge is 0.272 e. The lowest BCUT2D eigenvalue weighted by Gasteiger charge is -2.14. The van der Waals surface area contributed by atoms with Gasteiger partial charge >= 0.3 is 0 Å². The second-order valence-corrected chi connectivity index (χ2v) is 11.8. The number of rotatable bonds is 9. The first-order chi connectivity index (χ1) is 19.2. The molecule has 0 spiro atoms. The minimum absolute atomic E-state index is 0.0174. The van der Waals surface area contributed by atoms with E-state index in [9.17, 15) is 14.4 Å². The van der Waals surface area contributed by atoms with Crippen molar-refractivity contribution in [1.29, 1.82) is 0 Å². The maximum Gasteiger partial charge on any atom is 0.272 e. The summed E-state index contributed by atoms with van der Waals surface area (Å²) >= 11 is 15.0. The first-order valence-electron chi connectivity index (χ1n) is 11.9. The normalized spacial score (nSPS) is 11.9. The molecule has 0 fully saturated rings. The maximum atomic E-state index is 13.4. The molecule has 12 heteroatoms. The first-order valence-corrected chi connectivity index (χ1v) is 14.4. The van der Waals surface area contributed by atoms with Gasteiger partial charge < -0.3 is 10.6 Å². The highest BCUT2D eigenvalue weighted by molar-refractivity contribution is 8.00. The molecule has 4 rings (SSSR count). The highest BCUT2D eigenvalue weighted by Crippen LogP contribution is 2.28. The Labute approximate surface area is 249 Å². The Kier molecular flexibility index (Phi) is 9.94. The van der Waals surface area contributed by atoms with E-state index in [1.165, 1.54) is 29.2 Å². The SMILES string of the molecule is Cc1nnc(NC(=O)C(C)Sc2cccc(NC(=O)/C(=C\c3ccc(Cl)cc3Cl)NC(=O)c3ccccc3)c2)s1. The highest BCUT2D eigenvalue weighted by atomic mass is 35.5. The van der Waals surface area contributed by atoms with Crippen LogP contribution in [0, 0.1) is 6.92 Å². The van der Waals surface area contributed by atoms with Crippen LogP contribution in [0.1, 0.15) is 27.9 Å². The van der Waals surface area contributed by atoms with E-state index in [-0.39, 0.29) is 11.6 Å². The fourth-order valence-electron chi connectivity index (χ4n) is 3.37. The van der Waals surface area contributed by atoms with Crippen LogP contribution < -0.4 is 16.0 Å². The van der Waals surface area contributed by atoms with Gasteiger partial charge in [-0.3, -0.25) is 19.7 Å². The van der Waals surface area contributed by atoms with Crippen molar-refractivity contribution in [3.8, 4) is 0 Å². The third-order valence-corrected chi connectivity index (χ3v) is 7.73. The molecule has 0 bridgehead atoms. The Morgan fingerprint density at radius 3 is 2.42 bits per heavy atom. The maximum absolute atomic E-state index is 13.4. The van der Waals surface area contributed by atoms with E-state index in [4.69, 9.17) is 23.2 Å². The summed E-state index contributed by atoms with van der Waals surface area (Å²) in [5, 5.41) is 17.6. The lowest BCUT2D eigenvalue weighted by atomic mass is 10.1. The quantitative estimate of drug-likeness (QED) is 0.144. The molecule has 0 aliphatic heterocycles. The third kappa shape index (κ3) is 8.15. The summed E-state index contributed by atoms with van der Waals surface area (Å²) < 4.78 is 0. The Morgan fingerprint density at radius 1 is 0.950 bits per heavy atom. The molecular formula is C28H23Cl2N5O3S2. The molecule has 8 nitrogen and oxygen atoms in total. The van der Waals surface area contributed by atoms with Crippen molar-refractivity contribution in [2.45, 2.75) is 24.0 Å². The van der Waals surface area contributed by atoms with E-state index in [0.717, 1.165) is 9.90 Å². The van der Waals surface area contributed by atoms with Crippen LogP contribution in [0.5, 0.6) is 0 Å². The first kappa shape index (κ1) is 29.3. The molecule has 1 aromatic heterocycles. The van der Waals surface area contributed by atoms with E-state index >= 15 is 0 Å². The zero-order valence-corrected chi connectivity index (χ0v) is 24.4. The molecule has 0 saturated carbocycles. The van der Waals surface area contributed by atoms with E-state index in [1.54, 1.807) is 73.7 Å². The predicted octanol–water partition coefficient (Wildman–Crippen LogP) is 6.68.